The van der Waals surface area contributed by atoms with E-state index in [9.17, 15) is 4.39 Å². The predicted molar refractivity (Wildman–Crippen MR) is 61.3 cm³/mol. The van der Waals surface area contributed by atoms with Crippen molar-refractivity contribution in [2.75, 3.05) is 0 Å². The monoisotopic (exact) mass is 293 g/mol. The van der Waals surface area contributed by atoms with Gasteiger partial charge in [0.15, 0.2) is 0 Å². The van der Waals surface area contributed by atoms with Gasteiger partial charge in [-0.3, -0.25) is 0 Å². The average Bonchev–Trinajstić information content (AvgIpc) is 2.27. The first-order chi connectivity index (χ1) is 8.06. The lowest BCUT2D eigenvalue weighted by atomic mass is 10.3. The minimum absolute atomic E-state index is 0.0554. The van der Waals surface area contributed by atoms with E-state index in [1.807, 2.05) is 0 Å². The number of hydrogen-bond acceptors (Lipinski definition) is 4. The predicted octanol–water partition coefficient (Wildman–Crippen LogP) is 3.76. The van der Waals surface area contributed by atoms with Crippen LogP contribution in [0.2, 0.25) is 15.5 Å². The highest BCUT2D eigenvalue weighted by Gasteiger charge is 2.11. The van der Waals surface area contributed by atoms with Gasteiger partial charge in [-0.15, -0.1) is 10.2 Å². The third-order valence-corrected chi connectivity index (χ3v) is 2.38. The van der Waals surface area contributed by atoms with Crippen molar-refractivity contribution in [3.63, 3.8) is 0 Å². The quantitative estimate of drug-likeness (QED) is 0.846. The summed E-state index contributed by atoms with van der Waals surface area (Å²) in [5.41, 5.74) is 0. The van der Waals surface area contributed by atoms with Gasteiger partial charge in [-0.1, -0.05) is 23.2 Å². The number of hydrogen-bond donors (Lipinski definition) is 0. The summed E-state index contributed by atoms with van der Waals surface area (Å²) in [7, 11) is 0. The van der Waals surface area contributed by atoms with Gasteiger partial charge in [0.25, 0.3) is 5.88 Å². The van der Waals surface area contributed by atoms with Crippen LogP contribution in [0.5, 0.6) is 11.6 Å². The zero-order valence-corrected chi connectivity index (χ0v) is 10.3. The molecule has 0 unspecified atom stereocenters. The second-order valence-corrected chi connectivity index (χ2v) is 3.96. The van der Waals surface area contributed by atoms with Crippen LogP contribution in [0.3, 0.4) is 0 Å². The Morgan fingerprint density at radius 1 is 1.12 bits per heavy atom. The van der Waals surface area contributed by atoms with Crippen LogP contribution in [0.1, 0.15) is 0 Å². The van der Waals surface area contributed by atoms with Gasteiger partial charge in [0.05, 0.1) is 5.02 Å². The van der Waals surface area contributed by atoms with Gasteiger partial charge < -0.3 is 4.74 Å². The molecule has 0 spiro atoms. The van der Waals surface area contributed by atoms with E-state index in [1.165, 1.54) is 12.1 Å². The Kier molecular flexibility index (Phi) is 3.61. The summed E-state index contributed by atoms with van der Waals surface area (Å²) >= 11 is 17.0. The molecule has 17 heavy (non-hydrogen) atoms. The van der Waals surface area contributed by atoms with Gasteiger partial charge in [0.1, 0.15) is 11.6 Å². The molecule has 0 atom stereocenters. The molecule has 8 heteroatoms. The minimum atomic E-state index is -0.479. The first-order valence-electron chi connectivity index (χ1n) is 4.25. The highest BCUT2D eigenvalue weighted by molar-refractivity contribution is 6.32. The normalized spacial score (nSPS) is 10.4. The van der Waals surface area contributed by atoms with Crippen LogP contribution in [0.15, 0.2) is 18.2 Å². The highest BCUT2D eigenvalue weighted by atomic mass is 35.5. The first-order valence-corrected chi connectivity index (χ1v) is 5.38. The summed E-state index contributed by atoms with van der Waals surface area (Å²) in [6.45, 7) is 0. The van der Waals surface area contributed by atoms with E-state index < -0.39 is 5.82 Å². The van der Waals surface area contributed by atoms with Crippen LogP contribution < -0.4 is 4.74 Å². The van der Waals surface area contributed by atoms with Crippen LogP contribution in [0.25, 0.3) is 0 Å². The maximum atomic E-state index is 12.8. The van der Waals surface area contributed by atoms with Crippen molar-refractivity contribution < 1.29 is 9.13 Å². The molecule has 0 aliphatic rings. The standard InChI is InChI=1S/C9H3Cl3FN3O/c10-5-3-4(13)1-2-6(5)17-8-7(11)15-16-9(12)14-8/h1-3H. The molecule has 0 aliphatic carbocycles. The van der Waals surface area contributed by atoms with E-state index in [2.05, 4.69) is 15.2 Å². The molecule has 0 aliphatic heterocycles. The van der Waals surface area contributed by atoms with Crippen molar-refractivity contribution in [2.24, 2.45) is 0 Å². The van der Waals surface area contributed by atoms with E-state index in [0.29, 0.717) is 0 Å². The van der Waals surface area contributed by atoms with E-state index in [-0.39, 0.29) is 27.1 Å². The third-order valence-electron chi connectivity index (χ3n) is 1.69. The van der Waals surface area contributed by atoms with Crippen molar-refractivity contribution in [3.05, 3.63) is 39.5 Å². The van der Waals surface area contributed by atoms with Crippen molar-refractivity contribution in [1.29, 1.82) is 0 Å². The number of benzene rings is 1. The zero-order valence-electron chi connectivity index (χ0n) is 7.99. The summed E-state index contributed by atoms with van der Waals surface area (Å²) in [6, 6.07) is 3.62. The molecule has 4 nitrogen and oxygen atoms in total. The van der Waals surface area contributed by atoms with Gasteiger partial charge >= 0.3 is 0 Å². The summed E-state index contributed by atoms with van der Waals surface area (Å²) < 4.78 is 18.1. The Bertz CT molecular complexity index is 567. The molecule has 0 amide bonds. The number of rotatable bonds is 2. The lowest BCUT2D eigenvalue weighted by Gasteiger charge is -2.06. The van der Waals surface area contributed by atoms with Crippen LogP contribution in [0.4, 0.5) is 4.39 Å². The molecule has 88 valence electrons. The highest BCUT2D eigenvalue weighted by Crippen LogP contribution is 2.31. The molecule has 2 aromatic rings. The third kappa shape index (κ3) is 2.94. The van der Waals surface area contributed by atoms with E-state index in [0.717, 1.165) is 6.07 Å². The molecule has 0 fully saturated rings. The number of halogens is 4. The fourth-order valence-corrected chi connectivity index (χ4v) is 1.45. The summed E-state index contributed by atoms with van der Waals surface area (Å²) in [5, 5.41) is 6.80. The Hall–Kier alpha value is -1.17. The Morgan fingerprint density at radius 2 is 1.88 bits per heavy atom. The molecule has 1 heterocycles. The summed E-state index contributed by atoms with van der Waals surface area (Å²) in [6.07, 6.45) is 0. The maximum Gasteiger partial charge on any atom is 0.262 e. The fourth-order valence-electron chi connectivity index (χ4n) is 1.01. The van der Waals surface area contributed by atoms with Gasteiger partial charge in [-0.25, -0.2) is 4.39 Å². The van der Waals surface area contributed by atoms with Gasteiger partial charge in [-0.05, 0) is 29.8 Å². The summed E-state index contributed by atoms with van der Waals surface area (Å²) in [5.74, 6) is -0.348. The Balaban J connectivity index is 2.34. The molecule has 0 bridgehead atoms. The second-order valence-electron chi connectivity index (χ2n) is 2.85. The van der Waals surface area contributed by atoms with Gasteiger partial charge in [0.2, 0.25) is 10.4 Å². The lowest BCUT2D eigenvalue weighted by molar-refractivity contribution is 0.456. The maximum absolute atomic E-state index is 12.8. The molecule has 0 saturated heterocycles. The van der Waals surface area contributed by atoms with Crippen LogP contribution in [-0.4, -0.2) is 15.2 Å². The lowest BCUT2D eigenvalue weighted by Crippen LogP contribution is -1.95. The zero-order chi connectivity index (χ0) is 12.4. The Labute approximate surface area is 110 Å². The largest absolute Gasteiger partial charge is 0.435 e. The minimum Gasteiger partial charge on any atom is -0.435 e. The number of ether oxygens (including phenoxy) is 1. The SMILES string of the molecule is Fc1ccc(Oc2nc(Cl)nnc2Cl)c(Cl)c1. The molecule has 1 aromatic carbocycles. The van der Waals surface area contributed by atoms with Crippen molar-refractivity contribution in [3.8, 4) is 11.6 Å². The van der Waals surface area contributed by atoms with Crippen molar-refractivity contribution in [1.82, 2.24) is 15.2 Å². The molecular formula is C9H3Cl3FN3O. The topological polar surface area (TPSA) is 47.9 Å². The van der Waals surface area contributed by atoms with E-state index in [4.69, 9.17) is 39.5 Å². The average molecular weight is 294 g/mol. The van der Waals surface area contributed by atoms with Gasteiger partial charge in [0, 0.05) is 0 Å². The molecule has 0 radical (unpaired) electrons. The molecule has 0 N–H and O–H groups in total. The Morgan fingerprint density at radius 3 is 2.59 bits per heavy atom. The number of aromatic nitrogens is 3. The van der Waals surface area contributed by atoms with E-state index in [1.54, 1.807) is 0 Å². The van der Waals surface area contributed by atoms with Crippen LogP contribution in [0, 0.1) is 5.82 Å². The van der Waals surface area contributed by atoms with Crippen LogP contribution >= 0.6 is 34.8 Å². The van der Waals surface area contributed by atoms with Crippen molar-refractivity contribution in [2.45, 2.75) is 0 Å². The molecule has 0 saturated carbocycles. The smallest absolute Gasteiger partial charge is 0.262 e. The molecule has 1 aromatic heterocycles. The second kappa shape index (κ2) is 5.00. The van der Waals surface area contributed by atoms with Gasteiger partial charge in [-0.2, -0.15) is 4.98 Å². The summed E-state index contributed by atoms with van der Waals surface area (Å²) in [4.78, 5) is 3.72. The van der Waals surface area contributed by atoms with Crippen LogP contribution in [-0.2, 0) is 0 Å². The molecule has 2 rings (SSSR count). The molecular weight excluding hydrogens is 291 g/mol. The fraction of sp³-hybridized carbons (Fsp3) is 0. The van der Waals surface area contributed by atoms with Crippen molar-refractivity contribution >= 4 is 34.8 Å². The van der Waals surface area contributed by atoms with E-state index >= 15 is 0 Å². The first kappa shape index (κ1) is 12.3. The number of nitrogens with zero attached hydrogens (tertiary/aromatic N) is 3.